The summed E-state index contributed by atoms with van der Waals surface area (Å²) in [6.07, 6.45) is 4.82. The number of likely N-dealkylation sites (tertiary alicyclic amines) is 1. The van der Waals surface area contributed by atoms with Crippen molar-refractivity contribution >= 4 is 29.9 Å². The lowest BCUT2D eigenvalue weighted by atomic mass is 10.1. The lowest BCUT2D eigenvalue weighted by molar-refractivity contribution is 0.0532. The molecule has 1 saturated heterocycles. The van der Waals surface area contributed by atoms with E-state index in [1.807, 2.05) is 18.2 Å². The predicted molar refractivity (Wildman–Crippen MR) is 136 cm³/mol. The van der Waals surface area contributed by atoms with Crippen LogP contribution in [0.4, 0.5) is 0 Å². The van der Waals surface area contributed by atoms with Gasteiger partial charge >= 0.3 is 0 Å². The molecule has 0 aromatic carbocycles. The highest BCUT2D eigenvalue weighted by molar-refractivity contribution is 14.0. The van der Waals surface area contributed by atoms with Gasteiger partial charge in [-0.15, -0.1) is 24.0 Å². The summed E-state index contributed by atoms with van der Waals surface area (Å²) in [6, 6.07) is 6.04. The SMILES string of the molecule is CCNC(=NCCc1noc(-c2ccccn2)n1)NC1CCN(CCOC(C)C)CC1.I. The molecule has 2 N–H and O–H groups in total. The molecule has 0 saturated carbocycles. The van der Waals surface area contributed by atoms with Gasteiger partial charge in [-0.1, -0.05) is 11.2 Å². The minimum Gasteiger partial charge on any atom is -0.377 e. The number of hydrogen-bond acceptors (Lipinski definition) is 7. The maximum Gasteiger partial charge on any atom is 0.276 e. The molecule has 0 radical (unpaired) electrons. The third-order valence-electron chi connectivity index (χ3n) is 5.09. The summed E-state index contributed by atoms with van der Waals surface area (Å²) in [5.41, 5.74) is 0.682. The van der Waals surface area contributed by atoms with Crippen LogP contribution in [0.3, 0.4) is 0 Å². The topological polar surface area (TPSA) is 101 Å². The molecule has 0 spiro atoms. The van der Waals surface area contributed by atoms with Gasteiger partial charge in [0.1, 0.15) is 5.69 Å². The monoisotopic (exact) mass is 557 g/mol. The first-order valence-electron chi connectivity index (χ1n) is 11.3. The number of nitrogens with zero attached hydrogens (tertiary/aromatic N) is 5. The molecule has 2 aromatic rings. The van der Waals surface area contributed by atoms with Crippen LogP contribution in [0, 0.1) is 0 Å². The van der Waals surface area contributed by atoms with Gasteiger partial charge in [0, 0.05) is 51.4 Å². The van der Waals surface area contributed by atoms with Crippen molar-refractivity contribution in [1.29, 1.82) is 0 Å². The predicted octanol–water partition coefficient (Wildman–Crippen LogP) is 2.74. The summed E-state index contributed by atoms with van der Waals surface area (Å²) in [7, 11) is 0. The Kier molecular flexibility index (Phi) is 11.9. The van der Waals surface area contributed by atoms with Crippen LogP contribution in [0.5, 0.6) is 0 Å². The van der Waals surface area contributed by atoms with E-state index < -0.39 is 0 Å². The number of guanidine groups is 1. The second kappa shape index (κ2) is 14.4. The van der Waals surface area contributed by atoms with Gasteiger partial charge in [-0.05, 0) is 45.7 Å². The fraction of sp³-hybridized carbons (Fsp3) is 0.636. The van der Waals surface area contributed by atoms with Gasteiger partial charge in [-0.2, -0.15) is 4.98 Å². The van der Waals surface area contributed by atoms with Crippen molar-refractivity contribution in [3.8, 4) is 11.6 Å². The van der Waals surface area contributed by atoms with E-state index in [-0.39, 0.29) is 24.0 Å². The molecule has 10 heteroatoms. The number of pyridine rings is 1. The molecule has 3 heterocycles. The summed E-state index contributed by atoms with van der Waals surface area (Å²) in [4.78, 5) is 15.8. The Hall–Kier alpha value is -1.79. The first kappa shape index (κ1) is 26.5. The second-order valence-corrected chi connectivity index (χ2v) is 7.92. The van der Waals surface area contributed by atoms with Gasteiger partial charge < -0.3 is 24.8 Å². The van der Waals surface area contributed by atoms with Crippen LogP contribution in [0.1, 0.15) is 39.4 Å². The summed E-state index contributed by atoms with van der Waals surface area (Å²) >= 11 is 0. The summed E-state index contributed by atoms with van der Waals surface area (Å²) in [5.74, 6) is 1.92. The van der Waals surface area contributed by atoms with Crippen LogP contribution >= 0.6 is 24.0 Å². The third kappa shape index (κ3) is 8.99. The molecule has 0 amide bonds. The highest BCUT2D eigenvalue weighted by Crippen LogP contribution is 2.13. The highest BCUT2D eigenvalue weighted by atomic mass is 127. The lowest BCUT2D eigenvalue weighted by Gasteiger charge is -2.33. The number of aliphatic imine (C=N–C) groups is 1. The normalized spacial score (nSPS) is 15.6. The second-order valence-electron chi connectivity index (χ2n) is 7.92. The Morgan fingerprint density at radius 1 is 1.31 bits per heavy atom. The van der Waals surface area contributed by atoms with E-state index in [4.69, 9.17) is 14.3 Å². The summed E-state index contributed by atoms with van der Waals surface area (Å²) < 4.78 is 11.0. The molecule has 9 nitrogen and oxygen atoms in total. The average Bonchev–Trinajstić information content (AvgIpc) is 3.24. The van der Waals surface area contributed by atoms with Crippen molar-refractivity contribution in [3.63, 3.8) is 0 Å². The van der Waals surface area contributed by atoms with Crippen LogP contribution < -0.4 is 10.6 Å². The third-order valence-corrected chi connectivity index (χ3v) is 5.09. The molecule has 32 heavy (non-hydrogen) atoms. The minimum atomic E-state index is 0. The van der Waals surface area contributed by atoms with Gasteiger partial charge in [-0.25, -0.2) is 0 Å². The Morgan fingerprint density at radius 2 is 2.12 bits per heavy atom. The Morgan fingerprint density at radius 3 is 2.81 bits per heavy atom. The van der Waals surface area contributed by atoms with E-state index in [2.05, 4.69) is 51.4 Å². The van der Waals surface area contributed by atoms with Crippen molar-refractivity contribution < 1.29 is 9.26 Å². The van der Waals surface area contributed by atoms with Crippen LogP contribution in [0.15, 0.2) is 33.9 Å². The van der Waals surface area contributed by atoms with Gasteiger partial charge in [0.05, 0.1) is 12.7 Å². The van der Waals surface area contributed by atoms with E-state index in [0.29, 0.717) is 42.5 Å². The molecule has 2 aromatic heterocycles. The van der Waals surface area contributed by atoms with Crippen molar-refractivity contribution in [3.05, 3.63) is 30.2 Å². The molecule has 0 aliphatic carbocycles. The van der Waals surface area contributed by atoms with Crippen molar-refractivity contribution in [2.75, 3.05) is 39.3 Å². The molecule has 178 valence electrons. The largest absolute Gasteiger partial charge is 0.377 e. The molecule has 1 aliphatic heterocycles. The molecular weight excluding hydrogens is 521 g/mol. The van der Waals surface area contributed by atoms with Crippen molar-refractivity contribution in [1.82, 2.24) is 30.7 Å². The standard InChI is InChI=1S/C22H35N7O2.HI/c1-4-23-22(26-18-9-13-29(14-10-18)15-16-30-17(2)3)25-12-8-20-27-21(31-28-20)19-7-5-6-11-24-19;/h5-7,11,17-18H,4,8-10,12-16H2,1-3H3,(H2,23,25,26);1H. The number of halogens is 1. The zero-order chi connectivity index (χ0) is 21.9. The van der Waals surface area contributed by atoms with Gasteiger partial charge in [0.2, 0.25) is 0 Å². The first-order valence-corrected chi connectivity index (χ1v) is 11.3. The fourth-order valence-corrected chi connectivity index (χ4v) is 3.45. The zero-order valence-corrected chi connectivity index (χ0v) is 21.6. The fourth-order valence-electron chi connectivity index (χ4n) is 3.45. The number of rotatable bonds is 10. The van der Waals surface area contributed by atoms with Crippen molar-refractivity contribution in [2.24, 2.45) is 4.99 Å². The molecule has 1 aliphatic rings. The number of ether oxygens (including phenoxy) is 1. The Bertz CT molecular complexity index is 793. The molecule has 3 rings (SSSR count). The highest BCUT2D eigenvalue weighted by Gasteiger charge is 2.20. The van der Waals surface area contributed by atoms with E-state index in [1.165, 1.54) is 0 Å². The number of hydrogen-bond donors (Lipinski definition) is 2. The number of nitrogens with one attached hydrogen (secondary N) is 2. The quantitative estimate of drug-likeness (QED) is 0.262. The number of aromatic nitrogens is 3. The van der Waals surface area contributed by atoms with Gasteiger partial charge in [0.25, 0.3) is 5.89 Å². The Balaban J connectivity index is 0.00000363. The lowest BCUT2D eigenvalue weighted by Crippen LogP contribution is -2.49. The molecule has 0 bridgehead atoms. The van der Waals surface area contributed by atoms with E-state index >= 15 is 0 Å². The van der Waals surface area contributed by atoms with Crippen molar-refractivity contribution in [2.45, 2.75) is 52.2 Å². The number of piperidine rings is 1. The molecular formula is C22H36IN7O2. The Labute approximate surface area is 207 Å². The average molecular weight is 557 g/mol. The first-order chi connectivity index (χ1) is 15.1. The van der Waals surface area contributed by atoms with Crippen LogP contribution in [-0.4, -0.2) is 77.5 Å². The smallest absolute Gasteiger partial charge is 0.276 e. The summed E-state index contributed by atoms with van der Waals surface area (Å²) in [5, 5.41) is 11.0. The van der Waals surface area contributed by atoms with Gasteiger partial charge in [-0.3, -0.25) is 9.98 Å². The van der Waals surface area contributed by atoms with E-state index in [1.54, 1.807) is 6.20 Å². The maximum atomic E-state index is 5.67. The summed E-state index contributed by atoms with van der Waals surface area (Å²) in [6.45, 7) is 11.6. The van der Waals surface area contributed by atoms with Gasteiger partial charge in [0.15, 0.2) is 11.8 Å². The van der Waals surface area contributed by atoms with Crippen LogP contribution in [0.25, 0.3) is 11.6 Å². The molecule has 1 fully saturated rings. The zero-order valence-electron chi connectivity index (χ0n) is 19.3. The minimum absolute atomic E-state index is 0. The maximum absolute atomic E-state index is 5.67. The molecule has 0 unspecified atom stereocenters. The molecule has 0 atom stereocenters. The van der Waals surface area contributed by atoms with E-state index in [0.717, 1.165) is 51.6 Å². The van der Waals surface area contributed by atoms with Crippen LogP contribution in [0.2, 0.25) is 0 Å². The van der Waals surface area contributed by atoms with Crippen LogP contribution in [-0.2, 0) is 11.2 Å². The van der Waals surface area contributed by atoms with E-state index in [9.17, 15) is 0 Å².